The quantitative estimate of drug-likeness (QED) is 0.673. The van der Waals surface area contributed by atoms with Gasteiger partial charge < -0.3 is 9.47 Å². The highest BCUT2D eigenvalue weighted by Gasteiger charge is 2.26. The summed E-state index contributed by atoms with van der Waals surface area (Å²) in [5, 5.41) is 1.33. The Kier molecular flexibility index (Phi) is 3.22. The molecule has 1 amide bonds. The molecule has 1 aromatic heterocycles. The average molecular weight is 304 g/mol. The fourth-order valence-corrected chi connectivity index (χ4v) is 3.56. The lowest BCUT2D eigenvalue weighted by atomic mass is 10.0. The molecular formula is C20H20N2O. The van der Waals surface area contributed by atoms with Crippen molar-refractivity contribution in [3.63, 3.8) is 0 Å². The first kappa shape index (κ1) is 14.1. The number of hydrogen-bond donors (Lipinski definition) is 0. The highest BCUT2D eigenvalue weighted by molar-refractivity contribution is 5.95. The molecule has 0 aliphatic carbocycles. The van der Waals surface area contributed by atoms with E-state index in [1.807, 2.05) is 36.1 Å². The highest BCUT2D eigenvalue weighted by Crippen LogP contribution is 2.30. The molecule has 0 radical (unpaired) electrons. The van der Waals surface area contributed by atoms with E-state index in [-0.39, 0.29) is 5.91 Å². The van der Waals surface area contributed by atoms with E-state index < -0.39 is 0 Å². The Bertz CT molecular complexity index is 890. The maximum absolute atomic E-state index is 12.8. The van der Waals surface area contributed by atoms with Gasteiger partial charge >= 0.3 is 0 Å². The second-order valence-corrected chi connectivity index (χ2v) is 6.34. The van der Waals surface area contributed by atoms with Crippen LogP contribution < -0.4 is 0 Å². The molecule has 3 aromatic rings. The lowest BCUT2D eigenvalue weighted by molar-refractivity contribution is 0.0731. The number of benzene rings is 2. The number of nitrogens with zero attached hydrogens (tertiary/aromatic N) is 2. The summed E-state index contributed by atoms with van der Waals surface area (Å²) in [4.78, 5) is 14.7. The van der Waals surface area contributed by atoms with E-state index in [0.29, 0.717) is 6.54 Å². The van der Waals surface area contributed by atoms with Gasteiger partial charge in [-0.3, -0.25) is 4.79 Å². The molecule has 0 bridgehead atoms. The second kappa shape index (κ2) is 5.27. The number of aryl methyl sites for hydroxylation is 2. The van der Waals surface area contributed by atoms with Crippen LogP contribution in [0, 0.1) is 6.92 Å². The monoisotopic (exact) mass is 304 g/mol. The SMILES string of the molecule is Cc1ccc(C(=O)N2CCc3c(n(C)c4ccccc34)C2)cc1. The lowest BCUT2D eigenvalue weighted by Gasteiger charge is -2.28. The minimum atomic E-state index is 0.126. The summed E-state index contributed by atoms with van der Waals surface area (Å²) in [6.45, 7) is 3.51. The summed E-state index contributed by atoms with van der Waals surface area (Å²) in [6.07, 6.45) is 0.925. The summed E-state index contributed by atoms with van der Waals surface area (Å²) < 4.78 is 2.24. The highest BCUT2D eigenvalue weighted by atomic mass is 16.2. The van der Waals surface area contributed by atoms with E-state index in [2.05, 4.69) is 35.9 Å². The van der Waals surface area contributed by atoms with Gasteiger partial charge in [0.05, 0.1) is 6.54 Å². The van der Waals surface area contributed by atoms with Crippen LogP contribution in [0.3, 0.4) is 0 Å². The van der Waals surface area contributed by atoms with Crippen LogP contribution in [-0.4, -0.2) is 21.9 Å². The Morgan fingerprint density at radius 1 is 1.04 bits per heavy atom. The van der Waals surface area contributed by atoms with Crippen molar-refractivity contribution in [1.29, 1.82) is 0 Å². The number of carbonyl (C=O) groups is 1. The van der Waals surface area contributed by atoms with Gasteiger partial charge in [-0.15, -0.1) is 0 Å². The van der Waals surface area contributed by atoms with Gasteiger partial charge in [-0.2, -0.15) is 0 Å². The standard InChI is InChI=1S/C20H20N2O/c1-14-7-9-15(10-8-14)20(23)22-12-11-17-16-5-3-4-6-18(16)21(2)19(17)13-22/h3-10H,11-13H2,1-2H3. The van der Waals surface area contributed by atoms with Crippen molar-refractivity contribution >= 4 is 16.8 Å². The predicted molar refractivity (Wildman–Crippen MR) is 92.5 cm³/mol. The fourth-order valence-electron chi connectivity index (χ4n) is 3.56. The van der Waals surface area contributed by atoms with Gasteiger partial charge in [-0.1, -0.05) is 35.9 Å². The Morgan fingerprint density at radius 2 is 1.78 bits per heavy atom. The molecule has 1 aliphatic rings. The molecular weight excluding hydrogens is 284 g/mol. The minimum absolute atomic E-state index is 0.126. The molecule has 4 rings (SSSR count). The summed E-state index contributed by atoms with van der Waals surface area (Å²) in [5.41, 5.74) is 5.87. The van der Waals surface area contributed by atoms with E-state index in [4.69, 9.17) is 0 Å². The number of fused-ring (bicyclic) bond motifs is 3. The second-order valence-electron chi connectivity index (χ2n) is 6.34. The van der Waals surface area contributed by atoms with E-state index in [1.165, 1.54) is 27.7 Å². The topological polar surface area (TPSA) is 25.2 Å². The largest absolute Gasteiger partial charge is 0.346 e. The molecule has 116 valence electrons. The zero-order chi connectivity index (χ0) is 16.0. The number of carbonyl (C=O) groups excluding carboxylic acids is 1. The Labute approximate surface area is 136 Å². The smallest absolute Gasteiger partial charge is 0.254 e. The Hall–Kier alpha value is -2.55. The zero-order valence-electron chi connectivity index (χ0n) is 13.5. The first-order valence-corrected chi connectivity index (χ1v) is 8.06. The molecule has 2 aromatic carbocycles. The van der Waals surface area contributed by atoms with Gasteiger partial charge in [0.1, 0.15) is 0 Å². The van der Waals surface area contributed by atoms with E-state index in [1.54, 1.807) is 0 Å². The van der Waals surface area contributed by atoms with Gasteiger partial charge in [0.15, 0.2) is 0 Å². The number of aromatic nitrogens is 1. The van der Waals surface area contributed by atoms with Crippen LogP contribution in [0.4, 0.5) is 0 Å². The summed E-state index contributed by atoms with van der Waals surface area (Å²) in [7, 11) is 2.10. The van der Waals surface area contributed by atoms with Crippen LogP contribution in [0.5, 0.6) is 0 Å². The molecule has 3 nitrogen and oxygen atoms in total. The summed E-state index contributed by atoms with van der Waals surface area (Å²) >= 11 is 0. The van der Waals surface area contributed by atoms with Crippen molar-refractivity contribution in [3.05, 3.63) is 70.9 Å². The minimum Gasteiger partial charge on any atom is -0.346 e. The molecule has 23 heavy (non-hydrogen) atoms. The molecule has 0 spiro atoms. The van der Waals surface area contributed by atoms with Gasteiger partial charge in [-0.05, 0) is 37.1 Å². The average Bonchev–Trinajstić information content (AvgIpc) is 2.88. The first-order valence-electron chi connectivity index (χ1n) is 8.06. The van der Waals surface area contributed by atoms with Crippen LogP contribution in [0.2, 0.25) is 0 Å². The van der Waals surface area contributed by atoms with Gasteiger partial charge in [-0.25, -0.2) is 0 Å². The molecule has 1 aliphatic heterocycles. The third-order valence-corrected chi connectivity index (χ3v) is 4.90. The fraction of sp³-hybridized carbons (Fsp3) is 0.250. The maximum atomic E-state index is 12.8. The van der Waals surface area contributed by atoms with Crippen molar-refractivity contribution in [2.24, 2.45) is 7.05 Å². The van der Waals surface area contributed by atoms with Crippen LogP contribution in [0.1, 0.15) is 27.2 Å². The third kappa shape index (κ3) is 2.24. The third-order valence-electron chi connectivity index (χ3n) is 4.90. The van der Waals surface area contributed by atoms with E-state index >= 15 is 0 Å². The summed E-state index contributed by atoms with van der Waals surface area (Å²) in [5.74, 6) is 0.126. The molecule has 2 heterocycles. The number of amides is 1. The van der Waals surface area contributed by atoms with Crippen LogP contribution in [0.15, 0.2) is 48.5 Å². The number of para-hydroxylation sites is 1. The predicted octanol–water partition coefficient (Wildman–Crippen LogP) is 3.69. The Balaban J connectivity index is 1.69. The van der Waals surface area contributed by atoms with Gasteiger partial charge in [0.25, 0.3) is 5.91 Å². The lowest BCUT2D eigenvalue weighted by Crippen LogP contribution is -2.36. The van der Waals surface area contributed by atoms with Gasteiger partial charge in [0.2, 0.25) is 0 Å². The molecule has 0 saturated carbocycles. The van der Waals surface area contributed by atoms with Crippen molar-refractivity contribution in [1.82, 2.24) is 9.47 Å². The number of rotatable bonds is 1. The van der Waals surface area contributed by atoms with Crippen molar-refractivity contribution in [3.8, 4) is 0 Å². The van der Waals surface area contributed by atoms with E-state index in [0.717, 1.165) is 18.5 Å². The van der Waals surface area contributed by atoms with Crippen molar-refractivity contribution < 1.29 is 4.79 Å². The molecule has 0 saturated heterocycles. The molecule has 3 heteroatoms. The number of hydrogen-bond acceptors (Lipinski definition) is 1. The van der Waals surface area contributed by atoms with E-state index in [9.17, 15) is 4.79 Å². The molecule has 0 atom stereocenters. The normalized spacial score (nSPS) is 14.1. The first-order chi connectivity index (χ1) is 11.1. The maximum Gasteiger partial charge on any atom is 0.254 e. The molecule has 0 N–H and O–H groups in total. The zero-order valence-corrected chi connectivity index (χ0v) is 13.5. The van der Waals surface area contributed by atoms with Crippen LogP contribution in [0.25, 0.3) is 10.9 Å². The summed E-state index contributed by atoms with van der Waals surface area (Å²) in [6, 6.07) is 16.4. The van der Waals surface area contributed by atoms with Crippen LogP contribution >= 0.6 is 0 Å². The van der Waals surface area contributed by atoms with Crippen molar-refractivity contribution in [2.45, 2.75) is 19.9 Å². The van der Waals surface area contributed by atoms with Crippen LogP contribution in [-0.2, 0) is 20.0 Å². The van der Waals surface area contributed by atoms with Crippen molar-refractivity contribution in [2.75, 3.05) is 6.54 Å². The Morgan fingerprint density at radius 3 is 2.57 bits per heavy atom. The van der Waals surface area contributed by atoms with Gasteiger partial charge in [0, 0.05) is 35.8 Å². The molecule has 0 fully saturated rings. The molecule has 0 unspecified atom stereocenters.